The maximum atomic E-state index is 14.5. The SMILES string of the molecule is CC(C)N(C)C(=O)c1cn(CC2(O)CCNCC2)c(=O)cc1-c1ccccc1F. The molecule has 0 spiro atoms. The topological polar surface area (TPSA) is 74.6 Å². The number of nitrogens with one attached hydrogen (secondary N) is 1. The Bertz CT molecular complexity index is 949. The van der Waals surface area contributed by atoms with Crippen LogP contribution < -0.4 is 10.9 Å². The van der Waals surface area contributed by atoms with Crippen LogP contribution in [-0.2, 0) is 6.54 Å². The number of aromatic nitrogens is 1. The summed E-state index contributed by atoms with van der Waals surface area (Å²) in [7, 11) is 1.67. The average Bonchev–Trinajstić information content (AvgIpc) is 2.69. The van der Waals surface area contributed by atoms with Crippen LogP contribution in [0.5, 0.6) is 0 Å². The number of piperidine rings is 1. The molecule has 1 amide bonds. The maximum Gasteiger partial charge on any atom is 0.255 e. The number of halogens is 1. The van der Waals surface area contributed by atoms with Gasteiger partial charge in [-0.05, 0) is 45.8 Å². The zero-order valence-corrected chi connectivity index (χ0v) is 17.1. The predicted molar refractivity (Wildman–Crippen MR) is 110 cm³/mol. The molecular formula is C22H28FN3O3. The van der Waals surface area contributed by atoms with Crippen molar-refractivity contribution in [1.29, 1.82) is 0 Å². The molecule has 0 aliphatic carbocycles. The van der Waals surface area contributed by atoms with E-state index in [9.17, 15) is 19.1 Å². The number of rotatable bonds is 5. The van der Waals surface area contributed by atoms with Crippen LogP contribution in [0.3, 0.4) is 0 Å². The number of carbonyl (C=O) groups is 1. The van der Waals surface area contributed by atoms with Crippen LogP contribution in [0.4, 0.5) is 4.39 Å². The molecule has 1 aromatic carbocycles. The summed E-state index contributed by atoms with van der Waals surface area (Å²) in [6.07, 6.45) is 2.50. The number of hydrogen-bond acceptors (Lipinski definition) is 4. The molecule has 1 fully saturated rings. The van der Waals surface area contributed by atoms with Gasteiger partial charge in [0.05, 0.1) is 17.7 Å². The highest BCUT2D eigenvalue weighted by Crippen LogP contribution is 2.27. The summed E-state index contributed by atoms with van der Waals surface area (Å²) in [5, 5.41) is 14.0. The number of hydrogen-bond donors (Lipinski definition) is 2. The van der Waals surface area contributed by atoms with Crippen molar-refractivity contribution >= 4 is 5.91 Å². The van der Waals surface area contributed by atoms with Gasteiger partial charge in [-0.15, -0.1) is 0 Å². The Morgan fingerprint density at radius 2 is 1.93 bits per heavy atom. The van der Waals surface area contributed by atoms with Crippen LogP contribution in [0.2, 0.25) is 0 Å². The van der Waals surface area contributed by atoms with Crippen LogP contribution in [0.25, 0.3) is 11.1 Å². The lowest BCUT2D eigenvalue weighted by molar-refractivity contribution is -0.00625. The van der Waals surface area contributed by atoms with E-state index in [-0.39, 0.29) is 40.7 Å². The zero-order valence-electron chi connectivity index (χ0n) is 17.1. The minimum atomic E-state index is -1.02. The highest BCUT2D eigenvalue weighted by Gasteiger charge is 2.31. The Balaban J connectivity index is 2.12. The first-order valence-electron chi connectivity index (χ1n) is 9.91. The molecule has 0 bridgehead atoms. The van der Waals surface area contributed by atoms with E-state index in [4.69, 9.17) is 0 Å². The van der Waals surface area contributed by atoms with E-state index in [0.29, 0.717) is 25.9 Å². The zero-order chi connectivity index (χ0) is 21.2. The second-order valence-electron chi connectivity index (χ2n) is 8.03. The summed E-state index contributed by atoms with van der Waals surface area (Å²) in [6.45, 7) is 5.19. The van der Waals surface area contributed by atoms with E-state index in [1.54, 1.807) is 30.1 Å². The number of nitrogens with zero attached hydrogens (tertiary/aromatic N) is 2. The molecule has 0 atom stereocenters. The predicted octanol–water partition coefficient (Wildman–Crippen LogP) is 2.25. The first-order chi connectivity index (χ1) is 13.7. The van der Waals surface area contributed by atoms with Crippen molar-refractivity contribution in [2.24, 2.45) is 0 Å². The third-order valence-electron chi connectivity index (χ3n) is 5.61. The molecule has 2 aromatic rings. The number of pyridine rings is 1. The van der Waals surface area contributed by atoms with Crippen LogP contribution in [0.15, 0.2) is 41.3 Å². The third-order valence-corrected chi connectivity index (χ3v) is 5.61. The maximum absolute atomic E-state index is 14.5. The van der Waals surface area contributed by atoms with Crippen molar-refractivity contribution in [3.05, 3.63) is 58.3 Å². The first-order valence-corrected chi connectivity index (χ1v) is 9.91. The summed E-state index contributed by atoms with van der Waals surface area (Å²) in [6, 6.07) is 7.32. The van der Waals surface area contributed by atoms with Gasteiger partial charge in [-0.1, -0.05) is 18.2 Å². The van der Waals surface area contributed by atoms with Crippen molar-refractivity contribution in [1.82, 2.24) is 14.8 Å². The quantitative estimate of drug-likeness (QED) is 0.806. The summed E-state index contributed by atoms with van der Waals surface area (Å²) >= 11 is 0. The lowest BCUT2D eigenvalue weighted by atomic mass is 9.92. The Hall–Kier alpha value is -2.51. The largest absolute Gasteiger partial charge is 0.388 e. The minimum Gasteiger partial charge on any atom is -0.388 e. The monoisotopic (exact) mass is 401 g/mol. The fraction of sp³-hybridized carbons (Fsp3) is 0.455. The average molecular weight is 401 g/mol. The third kappa shape index (κ3) is 4.57. The van der Waals surface area contributed by atoms with Gasteiger partial charge in [-0.2, -0.15) is 0 Å². The molecule has 7 heteroatoms. The molecular weight excluding hydrogens is 373 g/mol. The van der Waals surface area contributed by atoms with E-state index in [2.05, 4.69) is 5.32 Å². The molecule has 0 saturated carbocycles. The Labute approximate surface area is 170 Å². The van der Waals surface area contributed by atoms with Gasteiger partial charge in [-0.3, -0.25) is 9.59 Å². The molecule has 3 rings (SSSR count). The molecule has 1 aromatic heterocycles. The molecule has 1 aliphatic heterocycles. The molecule has 6 nitrogen and oxygen atoms in total. The normalized spacial score (nSPS) is 16.1. The second-order valence-corrected chi connectivity index (χ2v) is 8.03. The fourth-order valence-corrected chi connectivity index (χ4v) is 3.56. The van der Waals surface area contributed by atoms with Gasteiger partial charge in [0.2, 0.25) is 0 Å². The lowest BCUT2D eigenvalue weighted by Crippen LogP contribution is -2.46. The van der Waals surface area contributed by atoms with Crippen molar-refractivity contribution in [3.8, 4) is 11.1 Å². The molecule has 0 unspecified atom stereocenters. The van der Waals surface area contributed by atoms with Gasteiger partial charge in [0.15, 0.2) is 0 Å². The number of carbonyl (C=O) groups excluding carboxylic acids is 1. The van der Waals surface area contributed by atoms with E-state index in [1.165, 1.54) is 22.9 Å². The Kier molecular flexibility index (Phi) is 6.19. The molecule has 1 saturated heterocycles. The van der Waals surface area contributed by atoms with Crippen molar-refractivity contribution in [3.63, 3.8) is 0 Å². The lowest BCUT2D eigenvalue weighted by Gasteiger charge is -2.33. The van der Waals surface area contributed by atoms with Crippen molar-refractivity contribution in [2.75, 3.05) is 20.1 Å². The molecule has 1 aliphatic rings. The van der Waals surface area contributed by atoms with Crippen molar-refractivity contribution in [2.45, 2.75) is 44.9 Å². The molecule has 2 N–H and O–H groups in total. The van der Waals surface area contributed by atoms with Gasteiger partial charge in [0, 0.05) is 36.5 Å². The van der Waals surface area contributed by atoms with Crippen LogP contribution >= 0.6 is 0 Å². The van der Waals surface area contributed by atoms with Gasteiger partial charge < -0.3 is 19.9 Å². The first kappa shape index (κ1) is 21.2. The molecule has 156 valence electrons. The van der Waals surface area contributed by atoms with E-state index in [1.807, 2.05) is 13.8 Å². The summed E-state index contributed by atoms with van der Waals surface area (Å²) in [5.41, 5.74) is -0.682. The summed E-state index contributed by atoms with van der Waals surface area (Å²) in [4.78, 5) is 27.5. The van der Waals surface area contributed by atoms with Crippen LogP contribution in [-0.4, -0.2) is 52.3 Å². The van der Waals surface area contributed by atoms with Crippen LogP contribution in [0, 0.1) is 5.82 Å². The van der Waals surface area contributed by atoms with E-state index >= 15 is 0 Å². The summed E-state index contributed by atoms with van der Waals surface area (Å²) < 4.78 is 15.8. The van der Waals surface area contributed by atoms with Crippen LogP contribution in [0.1, 0.15) is 37.0 Å². The van der Waals surface area contributed by atoms with Gasteiger partial charge in [-0.25, -0.2) is 4.39 Å². The van der Waals surface area contributed by atoms with E-state index in [0.717, 1.165) is 0 Å². The van der Waals surface area contributed by atoms with Gasteiger partial charge in [0.1, 0.15) is 5.82 Å². The molecule has 2 heterocycles. The van der Waals surface area contributed by atoms with E-state index < -0.39 is 11.4 Å². The van der Waals surface area contributed by atoms with Gasteiger partial charge in [0.25, 0.3) is 11.5 Å². The number of amides is 1. The highest BCUT2D eigenvalue weighted by atomic mass is 19.1. The number of aliphatic hydroxyl groups is 1. The smallest absolute Gasteiger partial charge is 0.255 e. The standard InChI is InChI=1S/C22H28FN3O3/c1-15(2)25(3)21(28)18-13-26(14-22(29)8-10-24-11-9-22)20(27)12-17(18)16-6-4-5-7-19(16)23/h4-7,12-13,15,24,29H,8-11,14H2,1-3H3. The number of benzene rings is 1. The molecule has 0 radical (unpaired) electrons. The Morgan fingerprint density at radius 3 is 2.55 bits per heavy atom. The second kappa shape index (κ2) is 8.47. The summed E-state index contributed by atoms with van der Waals surface area (Å²) in [5.74, 6) is -0.799. The fourth-order valence-electron chi connectivity index (χ4n) is 3.56. The Morgan fingerprint density at radius 1 is 1.28 bits per heavy atom. The molecule has 29 heavy (non-hydrogen) atoms. The minimum absolute atomic E-state index is 0.0649. The van der Waals surface area contributed by atoms with Gasteiger partial charge >= 0.3 is 0 Å². The highest BCUT2D eigenvalue weighted by molar-refractivity contribution is 6.00. The van der Waals surface area contributed by atoms with Crippen molar-refractivity contribution < 1.29 is 14.3 Å².